The Labute approximate surface area is 123 Å². The summed E-state index contributed by atoms with van der Waals surface area (Å²) in [4.78, 5) is 0. The maximum Gasteiger partial charge on any atom is 0.573 e. The Bertz CT molecular complexity index is 594. The minimum atomic E-state index is -4.70. The van der Waals surface area contributed by atoms with Crippen LogP contribution in [0.15, 0.2) is 42.5 Å². The van der Waals surface area contributed by atoms with E-state index in [1.54, 1.807) is 18.2 Å². The van der Waals surface area contributed by atoms with Crippen molar-refractivity contribution < 1.29 is 17.9 Å². The Balaban J connectivity index is 2.30. The summed E-state index contributed by atoms with van der Waals surface area (Å²) < 4.78 is 40.0. The van der Waals surface area contributed by atoms with Gasteiger partial charge >= 0.3 is 6.36 Å². The van der Waals surface area contributed by atoms with Crippen LogP contribution in [0, 0.1) is 0 Å². The molecule has 0 aliphatic rings. The molecule has 0 aromatic heterocycles. The quantitative estimate of drug-likeness (QED) is 0.664. The highest BCUT2D eigenvalue weighted by Gasteiger charge is 2.30. The van der Waals surface area contributed by atoms with Gasteiger partial charge in [0.25, 0.3) is 0 Å². The zero-order valence-corrected chi connectivity index (χ0v) is 11.6. The molecule has 0 radical (unpaired) electrons. The van der Waals surface area contributed by atoms with Crippen molar-refractivity contribution in [2.45, 2.75) is 12.2 Å². The third-order valence-corrected chi connectivity index (χ3v) is 3.22. The van der Waals surface area contributed by atoms with E-state index in [9.17, 15) is 13.2 Å². The van der Waals surface area contributed by atoms with E-state index in [4.69, 9.17) is 23.2 Å². The average molecular weight is 321 g/mol. The number of rotatable bonds is 3. The number of hydrogen-bond donors (Lipinski definition) is 0. The molecule has 2 rings (SSSR count). The van der Waals surface area contributed by atoms with E-state index in [1.165, 1.54) is 24.3 Å². The Morgan fingerprint density at radius 3 is 2.20 bits per heavy atom. The highest BCUT2D eigenvalue weighted by atomic mass is 35.5. The molecule has 6 heteroatoms. The fraction of sp³-hybridized carbons (Fsp3) is 0.143. The molecule has 0 heterocycles. The summed E-state index contributed by atoms with van der Waals surface area (Å²) in [6.07, 6.45) is -4.70. The lowest BCUT2D eigenvalue weighted by Gasteiger charge is -2.10. The highest BCUT2D eigenvalue weighted by Crippen LogP contribution is 2.31. The lowest BCUT2D eigenvalue weighted by Crippen LogP contribution is -2.16. The lowest BCUT2D eigenvalue weighted by molar-refractivity contribution is -0.274. The van der Waals surface area contributed by atoms with Gasteiger partial charge in [-0.15, -0.1) is 24.8 Å². The lowest BCUT2D eigenvalue weighted by atomic mass is 10.0. The van der Waals surface area contributed by atoms with Crippen LogP contribution in [0.2, 0.25) is 5.02 Å². The van der Waals surface area contributed by atoms with Crippen molar-refractivity contribution in [1.29, 1.82) is 0 Å². The van der Waals surface area contributed by atoms with Crippen molar-refractivity contribution in [3.63, 3.8) is 0 Å². The summed E-state index contributed by atoms with van der Waals surface area (Å²) in [5.74, 6) is 0.0604. The maximum absolute atomic E-state index is 12.1. The summed E-state index contributed by atoms with van der Waals surface area (Å²) in [5, 5.41) is 0.503. The van der Waals surface area contributed by atoms with Crippen LogP contribution in [0.1, 0.15) is 5.56 Å². The van der Waals surface area contributed by atoms with E-state index in [2.05, 4.69) is 4.74 Å². The Morgan fingerprint density at radius 2 is 1.65 bits per heavy atom. The molecular formula is C14H9Cl2F3O. The van der Waals surface area contributed by atoms with Crippen LogP contribution in [0.4, 0.5) is 13.2 Å². The van der Waals surface area contributed by atoms with Gasteiger partial charge in [-0.05, 0) is 35.4 Å². The average Bonchev–Trinajstić information content (AvgIpc) is 2.39. The Morgan fingerprint density at radius 1 is 1.00 bits per heavy atom. The van der Waals surface area contributed by atoms with Gasteiger partial charge in [0.15, 0.2) is 0 Å². The van der Waals surface area contributed by atoms with Crippen LogP contribution in [-0.4, -0.2) is 6.36 Å². The minimum Gasteiger partial charge on any atom is -0.406 e. The minimum absolute atomic E-state index is 0.272. The summed E-state index contributed by atoms with van der Waals surface area (Å²) in [5.41, 5.74) is 2.28. The zero-order valence-electron chi connectivity index (χ0n) is 10.0. The van der Waals surface area contributed by atoms with E-state index in [0.717, 1.165) is 5.56 Å². The fourth-order valence-electron chi connectivity index (χ4n) is 1.71. The largest absolute Gasteiger partial charge is 0.573 e. The van der Waals surface area contributed by atoms with Crippen LogP contribution in [0.3, 0.4) is 0 Å². The smallest absolute Gasteiger partial charge is 0.406 e. The number of hydrogen-bond acceptors (Lipinski definition) is 1. The Kier molecular flexibility index (Phi) is 4.45. The van der Waals surface area contributed by atoms with Crippen LogP contribution in [0.5, 0.6) is 5.75 Å². The van der Waals surface area contributed by atoms with Gasteiger partial charge in [0.05, 0.1) is 0 Å². The molecular weight excluding hydrogens is 312 g/mol. The Hall–Kier alpha value is -1.39. The van der Waals surface area contributed by atoms with Gasteiger partial charge in [0, 0.05) is 16.5 Å². The predicted molar refractivity (Wildman–Crippen MR) is 73.1 cm³/mol. The van der Waals surface area contributed by atoms with Crippen molar-refractivity contribution >= 4 is 23.2 Å². The van der Waals surface area contributed by atoms with Crippen molar-refractivity contribution in [1.82, 2.24) is 0 Å². The first-order valence-electron chi connectivity index (χ1n) is 5.59. The van der Waals surface area contributed by atoms with Crippen LogP contribution < -0.4 is 4.74 Å². The van der Waals surface area contributed by atoms with Gasteiger partial charge in [-0.25, -0.2) is 0 Å². The normalized spacial score (nSPS) is 11.4. The summed E-state index contributed by atoms with van der Waals surface area (Å²) in [7, 11) is 0. The molecule has 0 saturated carbocycles. The molecule has 0 unspecified atom stereocenters. The van der Waals surface area contributed by atoms with Gasteiger partial charge < -0.3 is 4.74 Å². The van der Waals surface area contributed by atoms with Gasteiger partial charge in [-0.3, -0.25) is 0 Å². The topological polar surface area (TPSA) is 9.23 Å². The van der Waals surface area contributed by atoms with Crippen molar-refractivity contribution in [3.05, 3.63) is 53.1 Å². The third-order valence-electron chi connectivity index (χ3n) is 2.58. The van der Waals surface area contributed by atoms with E-state index in [1.807, 2.05) is 0 Å². The van der Waals surface area contributed by atoms with E-state index in [0.29, 0.717) is 22.0 Å². The monoisotopic (exact) mass is 320 g/mol. The summed E-state index contributed by atoms with van der Waals surface area (Å²) >= 11 is 11.8. The van der Waals surface area contributed by atoms with Crippen LogP contribution in [-0.2, 0) is 5.88 Å². The highest BCUT2D eigenvalue weighted by molar-refractivity contribution is 6.33. The molecule has 2 aromatic rings. The molecule has 0 bridgehead atoms. The molecule has 20 heavy (non-hydrogen) atoms. The van der Waals surface area contributed by atoms with E-state index in [-0.39, 0.29) is 5.75 Å². The first-order valence-corrected chi connectivity index (χ1v) is 6.51. The van der Waals surface area contributed by atoms with Crippen molar-refractivity contribution in [3.8, 4) is 16.9 Å². The maximum atomic E-state index is 12.1. The predicted octanol–water partition coefficient (Wildman–Crippen LogP) is 5.64. The van der Waals surface area contributed by atoms with Crippen LogP contribution >= 0.6 is 23.2 Å². The first kappa shape index (κ1) is 15.0. The van der Waals surface area contributed by atoms with Crippen LogP contribution in [0.25, 0.3) is 11.1 Å². The molecule has 0 spiro atoms. The molecule has 0 amide bonds. The van der Waals surface area contributed by atoms with E-state index >= 15 is 0 Å². The standard InChI is InChI=1S/C14H9Cl2F3O/c15-8-9-1-6-13(16)12(7-9)10-2-4-11(5-3-10)20-14(17,18)19/h1-7H,8H2. The number of benzene rings is 2. The molecule has 106 valence electrons. The van der Waals surface area contributed by atoms with Gasteiger partial charge in [-0.1, -0.05) is 29.8 Å². The SMILES string of the molecule is FC(F)(F)Oc1ccc(-c2cc(CCl)ccc2Cl)cc1. The van der Waals surface area contributed by atoms with Crippen molar-refractivity contribution in [2.75, 3.05) is 0 Å². The molecule has 0 N–H and O–H groups in total. The molecule has 1 nitrogen and oxygen atoms in total. The fourth-order valence-corrected chi connectivity index (χ4v) is 2.11. The second-order valence-corrected chi connectivity index (χ2v) is 4.69. The molecule has 2 aromatic carbocycles. The van der Waals surface area contributed by atoms with Gasteiger partial charge in [0.1, 0.15) is 5.75 Å². The molecule has 0 fully saturated rings. The van der Waals surface area contributed by atoms with Gasteiger partial charge in [-0.2, -0.15) is 0 Å². The first-order chi connectivity index (χ1) is 9.39. The second kappa shape index (κ2) is 5.94. The third kappa shape index (κ3) is 3.81. The molecule has 0 aliphatic heterocycles. The summed E-state index contributed by atoms with van der Waals surface area (Å²) in [6, 6.07) is 10.8. The molecule has 0 saturated heterocycles. The molecule has 0 aliphatic carbocycles. The van der Waals surface area contributed by atoms with Gasteiger partial charge in [0.2, 0.25) is 0 Å². The second-order valence-electron chi connectivity index (χ2n) is 4.02. The number of ether oxygens (including phenoxy) is 1. The van der Waals surface area contributed by atoms with E-state index < -0.39 is 6.36 Å². The summed E-state index contributed by atoms with van der Waals surface area (Å²) in [6.45, 7) is 0. The van der Waals surface area contributed by atoms with Crippen molar-refractivity contribution in [2.24, 2.45) is 0 Å². The number of alkyl halides is 4. The number of halogens is 5. The zero-order chi connectivity index (χ0) is 14.8. The molecule has 0 atom stereocenters.